The number of amides is 2. The fourth-order valence-corrected chi connectivity index (χ4v) is 4.57. The van der Waals surface area contributed by atoms with Gasteiger partial charge in [0.2, 0.25) is 5.91 Å². The second-order valence-corrected chi connectivity index (χ2v) is 7.53. The zero-order valence-electron chi connectivity index (χ0n) is 13.8. The Hall–Kier alpha value is -1.34. The summed E-state index contributed by atoms with van der Waals surface area (Å²) in [5.41, 5.74) is -1.37. The molecule has 2 amide bonds. The van der Waals surface area contributed by atoms with Gasteiger partial charge in [0.05, 0.1) is 18.7 Å². The van der Waals surface area contributed by atoms with Crippen molar-refractivity contribution in [1.82, 2.24) is 14.7 Å². The largest absolute Gasteiger partial charge is 0.465 e. The van der Waals surface area contributed by atoms with Crippen LogP contribution in [0.25, 0.3) is 0 Å². The molecule has 1 spiro atoms. The van der Waals surface area contributed by atoms with E-state index >= 15 is 0 Å². The maximum atomic E-state index is 12.3. The van der Waals surface area contributed by atoms with Gasteiger partial charge in [-0.05, 0) is 26.3 Å². The Bertz CT molecular complexity index is 492. The summed E-state index contributed by atoms with van der Waals surface area (Å²) in [5, 5.41) is 20.7. The number of nitrogens with zero attached hydrogens (tertiary/aromatic N) is 3. The number of β-amino-alcohol motifs (C(OH)–C–C–N with tert-alkyl or cyclic N) is 1. The first-order valence-corrected chi connectivity index (χ1v) is 8.52. The lowest BCUT2D eigenvalue weighted by Gasteiger charge is -2.53. The molecule has 2 N–H and O–H groups in total. The van der Waals surface area contributed by atoms with Crippen molar-refractivity contribution in [2.75, 3.05) is 46.3 Å². The summed E-state index contributed by atoms with van der Waals surface area (Å²) in [6, 6.07) is 0. The average Bonchev–Trinajstić information content (AvgIpc) is 2.95. The number of aliphatic hydroxyl groups is 1. The Morgan fingerprint density at radius 3 is 2.48 bits per heavy atom. The van der Waals surface area contributed by atoms with Crippen molar-refractivity contribution in [3.05, 3.63) is 0 Å². The second kappa shape index (κ2) is 5.94. The molecule has 130 valence electrons. The molecule has 2 heterocycles. The van der Waals surface area contributed by atoms with Gasteiger partial charge in [-0.15, -0.1) is 0 Å². The molecular weight excluding hydrogens is 298 g/mol. The van der Waals surface area contributed by atoms with Crippen LogP contribution in [0.3, 0.4) is 0 Å². The molecule has 7 nitrogen and oxygen atoms in total. The minimum atomic E-state index is -0.971. The number of hydrogen-bond acceptors (Lipinski definition) is 4. The first kappa shape index (κ1) is 16.5. The smallest absolute Gasteiger partial charge is 0.407 e. The monoisotopic (exact) mass is 325 g/mol. The lowest BCUT2D eigenvalue weighted by atomic mass is 9.65. The van der Waals surface area contributed by atoms with Crippen molar-refractivity contribution >= 4 is 12.0 Å². The van der Waals surface area contributed by atoms with Gasteiger partial charge in [0.1, 0.15) is 0 Å². The quantitative estimate of drug-likeness (QED) is 0.769. The maximum Gasteiger partial charge on any atom is 0.407 e. The zero-order chi connectivity index (χ0) is 16.7. The predicted molar refractivity (Wildman–Crippen MR) is 84.1 cm³/mol. The van der Waals surface area contributed by atoms with E-state index in [2.05, 4.69) is 0 Å². The minimum Gasteiger partial charge on any atom is -0.465 e. The van der Waals surface area contributed by atoms with Gasteiger partial charge >= 0.3 is 6.09 Å². The van der Waals surface area contributed by atoms with E-state index in [1.807, 2.05) is 11.9 Å². The standard InChI is InChI=1S/C16H27N3O4/c1-17-8-9-18(13(20)10-17)12-16(23)6-7-19(14(21)22)11-15(16)4-2-3-5-15/h23H,2-12H2,1H3,(H,21,22). The van der Waals surface area contributed by atoms with Crippen LogP contribution in [0.15, 0.2) is 0 Å². The van der Waals surface area contributed by atoms with E-state index < -0.39 is 17.1 Å². The zero-order valence-corrected chi connectivity index (χ0v) is 13.8. The second-order valence-electron chi connectivity index (χ2n) is 7.53. The Balaban J connectivity index is 1.78. The van der Waals surface area contributed by atoms with Gasteiger partial charge in [-0.2, -0.15) is 0 Å². The topological polar surface area (TPSA) is 84.3 Å². The molecule has 0 aromatic heterocycles. The fraction of sp³-hybridized carbons (Fsp3) is 0.875. The van der Waals surface area contributed by atoms with Crippen molar-refractivity contribution in [2.45, 2.75) is 37.7 Å². The SMILES string of the molecule is CN1CCN(CC2(O)CCN(C(=O)O)CC23CCCC3)C(=O)C1. The fourth-order valence-electron chi connectivity index (χ4n) is 4.57. The average molecular weight is 325 g/mol. The Kier molecular flexibility index (Phi) is 4.27. The van der Waals surface area contributed by atoms with Crippen molar-refractivity contribution in [3.8, 4) is 0 Å². The molecule has 3 rings (SSSR count). The number of hydrogen-bond donors (Lipinski definition) is 2. The third-order valence-corrected chi connectivity index (χ3v) is 6.07. The molecule has 1 saturated carbocycles. The first-order chi connectivity index (χ1) is 10.9. The number of likely N-dealkylation sites (tertiary alicyclic amines) is 1. The molecule has 0 aromatic carbocycles. The van der Waals surface area contributed by atoms with E-state index in [1.54, 1.807) is 4.90 Å². The molecule has 3 aliphatic rings. The molecule has 2 aliphatic heterocycles. The molecule has 1 unspecified atom stereocenters. The summed E-state index contributed by atoms with van der Waals surface area (Å²) >= 11 is 0. The van der Waals surface area contributed by atoms with Crippen LogP contribution in [-0.4, -0.2) is 88.8 Å². The van der Waals surface area contributed by atoms with Gasteiger partial charge in [0, 0.05) is 31.6 Å². The van der Waals surface area contributed by atoms with Crippen molar-refractivity contribution < 1.29 is 19.8 Å². The maximum absolute atomic E-state index is 12.3. The summed E-state index contributed by atoms with van der Waals surface area (Å²) < 4.78 is 0. The summed E-state index contributed by atoms with van der Waals surface area (Å²) in [5.74, 6) is 0.0565. The van der Waals surface area contributed by atoms with Crippen LogP contribution in [0.2, 0.25) is 0 Å². The summed E-state index contributed by atoms with van der Waals surface area (Å²) in [6.07, 6.45) is 3.23. The highest BCUT2D eigenvalue weighted by Gasteiger charge is 2.56. The van der Waals surface area contributed by atoms with E-state index in [9.17, 15) is 19.8 Å². The van der Waals surface area contributed by atoms with Crippen LogP contribution in [0, 0.1) is 5.41 Å². The number of carbonyl (C=O) groups is 2. The van der Waals surface area contributed by atoms with Crippen molar-refractivity contribution in [3.63, 3.8) is 0 Å². The molecule has 2 saturated heterocycles. The van der Waals surface area contributed by atoms with Crippen LogP contribution in [0.4, 0.5) is 4.79 Å². The van der Waals surface area contributed by atoms with Gasteiger partial charge in [0.25, 0.3) is 0 Å². The number of piperazine rings is 1. The van der Waals surface area contributed by atoms with E-state index in [0.717, 1.165) is 32.2 Å². The lowest BCUT2D eigenvalue weighted by Crippen LogP contribution is -2.65. The third-order valence-electron chi connectivity index (χ3n) is 6.07. The number of likely N-dealkylation sites (N-methyl/N-ethyl adjacent to an activating group) is 1. The summed E-state index contributed by atoms with van der Waals surface area (Å²) in [6.45, 7) is 2.92. The van der Waals surface area contributed by atoms with Crippen LogP contribution < -0.4 is 0 Å². The van der Waals surface area contributed by atoms with Crippen LogP contribution in [0.5, 0.6) is 0 Å². The molecule has 0 bridgehead atoms. The van der Waals surface area contributed by atoms with E-state index in [4.69, 9.17) is 0 Å². The Morgan fingerprint density at radius 2 is 1.87 bits per heavy atom. The Labute approximate surface area is 136 Å². The number of carboxylic acid groups (broad SMARTS) is 1. The predicted octanol–water partition coefficient (Wildman–Crippen LogP) is 0.436. The molecular formula is C16H27N3O4. The Morgan fingerprint density at radius 1 is 1.17 bits per heavy atom. The molecule has 1 aliphatic carbocycles. The van der Waals surface area contributed by atoms with E-state index in [-0.39, 0.29) is 5.91 Å². The van der Waals surface area contributed by atoms with Crippen LogP contribution in [0.1, 0.15) is 32.1 Å². The van der Waals surface area contributed by atoms with Crippen LogP contribution in [-0.2, 0) is 4.79 Å². The lowest BCUT2D eigenvalue weighted by molar-refractivity contribution is -0.159. The molecule has 7 heteroatoms. The molecule has 0 aromatic rings. The number of piperidine rings is 1. The van der Waals surface area contributed by atoms with Gasteiger partial charge in [-0.1, -0.05) is 12.8 Å². The first-order valence-electron chi connectivity index (χ1n) is 8.52. The van der Waals surface area contributed by atoms with Gasteiger partial charge in [-0.25, -0.2) is 4.79 Å². The molecule has 0 radical (unpaired) electrons. The normalized spacial score (nSPS) is 31.8. The summed E-state index contributed by atoms with van der Waals surface area (Å²) in [7, 11) is 1.92. The van der Waals surface area contributed by atoms with E-state index in [1.165, 1.54) is 4.90 Å². The number of rotatable bonds is 2. The molecule has 1 atom stereocenters. The minimum absolute atomic E-state index is 0.0565. The van der Waals surface area contributed by atoms with Gasteiger partial charge in [0.15, 0.2) is 0 Å². The van der Waals surface area contributed by atoms with Gasteiger partial charge in [-0.3, -0.25) is 9.69 Å². The molecule has 23 heavy (non-hydrogen) atoms. The highest BCUT2D eigenvalue weighted by atomic mass is 16.4. The van der Waals surface area contributed by atoms with Crippen molar-refractivity contribution in [1.29, 1.82) is 0 Å². The highest BCUT2D eigenvalue weighted by Crippen LogP contribution is 2.51. The number of carbonyl (C=O) groups excluding carboxylic acids is 1. The van der Waals surface area contributed by atoms with Crippen molar-refractivity contribution in [2.24, 2.45) is 5.41 Å². The van der Waals surface area contributed by atoms with Crippen LogP contribution >= 0.6 is 0 Å². The van der Waals surface area contributed by atoms with Gasteiger partial charge < -0.3 is 20.0 Å². The summed E-state index contributed by atoms with van der Waals surface area (Å²) in [4.78, 5) is 28.8. The highest BCUT2D eigenvalue weighted by molar-refractivity contribution is 5.79. The molecule has 3 fully saturated rings. The van der Waals surface area contributed by atoms with E-state index in [0.29, 0.717) is 39.1 Å². The third kappa shape index (κ3) is 2.92.